The number of hydrogen-bond acceptors (Lipinski definition) is 6. The molecule has 0 bridgehead atoms. The molecule has 0 spiro atoms. The summed E-state index contributed by atoms with van der Waals surface area (Å²) in [5.41, 5.74) is 1.90. The Balaban J connectivity index is 2.13. The van der Waals surface area contributed by atoms with Crippen LogP contribution in [0.5, 0.6) is 0 Å². The minimum Gasteiger partial charge on any atom is -0.423 e. The zero-order valence-electron chi connectivity index (χ0n) is 11.1. The molecule has 6 nitrogen and oxygen atoms in total. The van der Waals surface area contributed by atoms with Crippen LogP contribution < -0.4 is 4.90 Å². The van der Waals surface area contributed by atoms with Crippen molar-refractivity contribution in [1.29, 1.82) is 0 Å². The fraction of sp³-hybridized carbons (Fsp3) is 0.500. The van der Waals surface area contributed by atoms with Crippen molar-refractivity contribution < 1.29 is 4.42 Å². The van der Waals surface area contributed by atoms with Crippen LogP contribution in [0.1, 0.15) is 30.1 Å². The van der Waals surface area contributed by atoms with Gasteiger partial charge in [-0.2, -0.15) is 0 Å². The largest absolute Gasteiger partial charge is 0.423 e. The maximum Gasteiger partial charge on any atom is 0.235 e. The average molecular weight is 247 g/mol. The van der Waals surface area contributed by atoms with Gasteiger partial charge in [0.25, 0.3) is 0 Å². The molecule has 6 heteroatoms. The Hall–Kier alpha value is -1.98. The molecular weight excluding hydrogens is 230 g/mol. The second-order valence-electron chi connectivity index (χ2n) is 4.25. The topological polar surface area (TPSA) is 67.9 Å². The summed E-state index contributed by atoms with van der Waals surface area (Å²) < 4.78 is 5.47. The predicted molar refractivity (Wildman–Crippen MR) is 67.3 cm³/mol. The Labute approximate surface area is 106 Å². The molecule has 0 N–H and O–H groups in total. The third kappa shape index (κ3) is 2.82. The van der Waals surface area contributed by atoms with Gasteiger partial charge in [-0.15, -0.1) is 10.2 Å². The second kappa shape index (κ2) is 5.12. The Bertz CT molecular complexity index is 517. The van der Waals surface area contributed by atoms with Crippen molar-refractivity contribution in [1.82, 2.24) is 20.2 Å². The Kier molecular flexibility index (Phi) is 3.55. The lowest BCUT2D eigenvalue weighted by Gasteiger charge is -2.15. The second-order valence-corrected chi connectivity index (χ2v) is 4.25. The van der Waals surface area contributed by atoms with E-state index in [0.717, 1.165) is 17.8 Å². The summed E-state index contributed by atoms with van der Waals surface area (Å²) in [6.07, 6.45) is 0.747. The molecular formula is C12H17N5O. The van der Waals surface area contributed by atoms with Crippen LogP contribution in [-0.4, -0.2) is 27.2 Å². The van der Waals surface area contributed by atoms with Crippen molar-refractivity contribution >= 4 is 5.95 Å². The fourth-order valence-electron chi connectivity index (χ4n) is 1.65. The molecule has 18 heavy (non-hydrogen) atoms. The SMILES string of the molecule is CCc1nnc(CN(C)c2nc(C)cc(C)n2)o1. The van der Waals surface area contributed by atoms with E-state index in [-0.39, 0.29) is 0 Å². The lowest BCUT2D eigenvalue weighted by molar-refractivity contribution is 0.451. The Morgan fingerprint density at radius 3 is 2.28 bits per heavy atom. The van der Waals surface area contributed by atoms with Gasteiger partial charge in [-0.1, -0.05) is 6.92 Å². The Morgan fingerprint density at radius 1 is 1.11 bits per heavy atom. The summed E-state index contributed by atoms with van der Waals surface area (Å²) in [6.45, 7) is 6.39. The van der Waals surface area contributed by atoms with E-state index in [9.17, 15) is 0 Å². The summed E-state index contributed by atoms with van der Waals surface area (Å²) >= 11 is 0. The smallest absolute Gasteiger partial charge is 0.235 e. The first kappa shape index (κ1) is 12.5. The Morgan fingerprint density at radius 2 is 1.72 bits per heavy atom. The van der Waals surface area contributed by atoms with E-state index in [1.54, 1.807) is 0 Å². The molecule has 0 atom stereocenters. The van der Waals surface area contributed by atoms with Gasteiger partial charge >= 0.3 is 0 Å². The van der Waals surface area contributed by atoms with Crippen molar-refractivity contribution in [3.05, 3.63) is 29.2 Å². The van der Waals surface area contributed by atoms with Gasteiger partial charge in [0.05, 0.1) is 6.54 Å². The molecule has 0 aliphatic heterocycles. The van der Waals surface area contributed by atoms with Crippen molar-refractivity contribution in [2.45, 2.75) is 33.7 Å². The monoisotopic (exact) mass is 247 g/mol. The molecule has 0 saturated carbocycles. The van der Waals surface area contributed by atoms with Gasteiger partial charge in [0.1, 0.15) is 0 Å². The molecule has 0 fully saturated rings. The van der Waals surface area contributed by atoms with E-state index in [4.69, 9.17) is 4.42 Å². The number of nitrogens with zero attached hydrogens (tertiary/aromatic N) is 5. The van der Waals surface area contributed by atoms with Gasteiger partial charge < -0.3 is 9.32 Å². The maximum atomic E-state index is 5.47. The number of aryl methyl sites for hydroxylation is 3. The van der Waals surface area contributed by atoms with Crippen molar-refractivity contribution in [3.8, 4) is 0 Å². The maximum absolute atomic E-state index is 5.47. The highest BCUT2D eigenvalue weighted by molar-refractivity contribution is 5.30. The zero-order chi connectivity index (χ0) is 13.1. The van der Waals surface area contributed by atoms with Gasteiger partial charge in [0.15, 0.2) is 0 Å². The van der Waals surface area contributed by atoms with E-state index in [0.29, 0.717) is 24.3 Å². The standard InChI is InChI=1S/C12H17N5O/c1-5-10-15-16-11(18-10)7-17(4)12-13-8(2)6-9(3)14-12/h6H,5,7H2,1-4H3. The van der Waals surface area contributed by atoms with Crippen LogP contribution in [0.15, 0.2) is 10.5 Å². The van der Waals surface area contributed by atoms with Crippen LogP contribution in [0.4, 0.5) is 5.95 Å². The molecule has 96 valence electrons. The molecule has 0 radical (unpaired) electrons. The molecule has 2 aromatic heterocycles. The third-order valence-electron chi connectivity index (χ3n) is 2.50. The molecule has 0 amide bonds. The molecule has 0 unspecified atom stereocenters. The average Bonchev–Trinajstić information content (AvgIpc) is 2.75. The molecule has 0 aliphatic rings. The normalized spacial score (nSPS) is 10.7. The minimum atomic E-state index is 0.510. The number of rotatable bonds is 4. The van der Waals surface area contributed by atoms with E-state index < -0.39 is 0 Å². The summed E-state index contributed by atoms with van der Waals surface area (Å²) in [4.78, 5) is 10.7. The van der Waals surface area contributed by atoms with Crippen LogP contribution in [0.2, 0.25) is 0 Å². The summed E-state index contributed by atoms with van der Waals surface area (Å²) in [5.74, 6) is 1.90. The predicted octanol–water partition coefficient (Wildman–Crippen LogP) is 1.68. The molecule has 2 aromatic rings. The van der Waals surface area contributed by atoms with Crippen molar-refractivity contribution in [2.75, 3.05) is 11.9 Å². The van der Waals surface area contributed by atoms with Gasteiger partial charge in [-0.05, 0) is 19.9 Å². The van der Waals surface area contributed by atoms with Crippen molar-refractivity contribution in [2.24, 2.45) is 0 Å². The number of hydrogen-bond donors (Lipinski definition) is 0. The van der Waals surface area contributed by atoms with Gasteiger partial charge in [0.2, 0.25) is 17.7 Å². The van der Waals surface area contributed by atoms with Crippen LogP contribution in [0.25, 0.3) is 0 Å². The molecule has 0 aliphatic carbocycles. The highest BCUT2D eigenvalue weighted by Gasteiger charge is 2.11. The fourth-order valence-corrected chi connectivity index (χ4v) is 1.65. The van der Waals surface area contributed by atoms with E-state index in [1.807, 2.05) is 38.8 Å². The van der Waals surface area contributed by atoms with E-state index >= 15 is 0 Å². The summed E-state index contributed by atoms with van der Waals surface area (Å²) in [6, 6.07) is 1.94. The van der Waals surface area contributed by atoms with Crippen LogP contribution in [-0.2, 0) is 13.0 Å². The lowest BCUT2D eigenvalue weighted by Crippen LogP contribution is -2.20. The molecule has 0 saturated heterocycles. The molecule has 2 heterocycles. The summed E-state index contributed by atoms with van der Waals surface area (Å²) in [5, 5.41) is 7.92. The van der Waals surface area contributed by atoms with Crippen LogP contribution >= 0.6 is 0 Å². The highest BCUT2D eigenvalue weighted by atomic mass is 16.4. The first-order valence-electron chi connectivity index (χ1n) is 5.93. The third-order valence-corrected chi connectivity index (χ3v) is 2.50. The zero-order valence-corrected chi connectivity index (χ0v) is 11.1. The first-order chi connectivity index (χ1) is 8.58. The van der Waals surface area contributed by atoms with Gasteiger partial charge in [0, 0.05) is 24.9 Å². The van der Waals surface area contributed by atoms with Gasteiger partial charge in [-0.25, -0.2) is 9.97 Å². The van der Waals surface area contributed by atoms with Crippen molar-refractivity contribution in [3.63, 3.8) is 0 Å². The van der Waals surface area contributed by atoms with E-state index in [2.05, 4.69) is 20.2 Å². The summed E-state index contributed by atoms with van der Waals surface area (Å²) in [7, 11) is 1.91. The number of anilines is 1. The quantitative estimate of drug-likeness (QED) is 0.818. The van der Waals surface area contributed by atoms with Gasteiger partial charge in [-0.3, -0.25) is 0 Å². The van der Waals surface area contributed by atoms with E-state index in [1.165, 1.54) is 0 Å². The number of aromatic nitrogens is 4. The molecule has 0 aromatic carbocycles. The van der Waals surface area contributed by atoms with Crippen LogP contribution in [0.3, 0.4) is 0 Å². The minimum absolute atomic E-state index is 0.510. The van der Waals surface area contributed by atoms with Crippen LogP contribution in [0, 0.1) is 13.8 Å². The first-order valence-corrected chi connectivity index (χ1v) is 5.93. The lowest BCUT2D eigenvalue weighted by atomic mass is 10.3. The molecule has 2 rings (SSSR count). The highest BCUT2D eigenvalue weighted by Crippen LogP contribution is 2.11.